The molecule has 0 aliphatic carbocycles. The van der Waals surface area contributed by atoms with Gasteiger partial charge in [-0.2, -0.15) is 0 Å². The Morgan fingerprint density at radius 1 is 1.18 bits per heavy atom. The molecule has 0 bridgehead atoms. The minimum absolute atomic E-state index is 0.525. The summed E-state index contributed by atoms with van der Waals surface area (Å²) < 4.78 is 11.2. The lowest BCUT2D eigenvalue weighted by molar-refractivity contribution is 0.171. The van der Waals surface area contributed by atoms with Crippen LogP contribution >= 0.6 is 11.6 Å². The normalized spacial score (nSPS) is 13.6. The van der Waals surface area contributed by atoms with Gasteiger partial charge in [-0.05, 0) is 35.7 Å². The average molecular weight is 399 g/mol. The van der Waals surface area contributed by atoms with Gasteiger partial charge < -0.3 is 25.1 Å². The zero-order valence-corrected chi connectivity index (χ0v) is 16.5. The summed E-state index contributed by atoms with van der Waals surface area (Å²) in [6.07, 6.45) is 2.97. The molecule has 0 saturated heterocycles. The van der Waals surface area contributed by atoms with E-state index < -0.39 is 0 Å². The highest BCUT2D eigenvalue weighted by atomic mass is 35.5. The number of guanidine groups is 1. The minimum Gasteiger partial charge on any atom is -0.486 e. The molecule has 1 aliphatic rings. The third kappa shape index (κ3) is 4.02. The number of ether oxygens (including phenoxy) is 2. The highest BCUT2D eigenvalue weighted by Crippen LogP contribution is 2.38. The van der Waals surface area contributed by atoms with Gasteiger partial charge in [0.05, 0.1) is 5.02 Å². The van der Waals surface area contributed by atoms with Crippen LogP contribution < -0.4 is 20.1 Å². The second-order valence-electron chi connectivity index (χ2n) is 6.56. The van der Waals surface area contributed by atoms with Crippen LogP contribution in [0, 0.1) is 0 Å². The third-order valence-corrected chi connectivity index (χ3v) is 4.98. The highest BCUT2D eigenvalue weighted by molar-refractivity contribution is 6.32. The van der Waals surface area contributed by atoms with Gasteiger partial charge in [-0.1, -0.05) is 29.8 Å². The van der Waals surface area contributed by atoms with Crippen molar-refractivity contribution in [3.05, 3.63) is 58.7 Å². The lowest BCUT2D eigenvalue weighted by Gasteiger charge is -2.20. The summed E-state index contributed by atoms with van der Waals surface area (Å²) >= 11 is 6.30. The number of aromatic nitrogens is 1. The maximum absolute atomic E-state index is 6.30. The van der Waals surface area contributed by atoms with E-state index in [0.717, 1.165) is 30.0 Å². The zero-order chi connectivity index (χ0) is 19.3. The zero-order valence-electron chi connectivity index (χ0n) is 15.7. The molecule has 4 rings (SSSR count). The summed E-state index contributed by atoms with van der Waals surface area (Å²) in [5, 5.41) is 8.50. The fraction of sp³-hybridized carbons (Fsp3) is 0.286. The number of hydrogen-bond donors (Lipinski definition) is 3. The van der Waals surface area contributed by atoms with E-state index in [0.29, 0.717) is 36.3 Å². The number of rotatable bonds is 5. The van der Waals surface area contributed by atoms with Crippen LogP contribution in [0.1, 0.15) is 11.1 Å². The number of hydrogen-bond acceptors (Lipinski definition) is 3. The van der Waals surface area contributed by atoms with E-state index in [2.05, 4.69) is 45.0 Å². The van der Waals surface area contributed by atoms with Crippen LogP contribution in [0.25, 0.3) is 10.9 Å². The van der Waals surface area contributed by atoms with Gasteiger partial charge in [-0.25, -0.2) is 0 Å². The van der Waals surface area contributed by atoms with Crippen molar-refractivity contribution in [1.82, 2.24) is 15.6 Å². The monoisotopic (exact) mass is 398 g/mol. The van der Waals surface area contributed by atoms with E-state index in [-0.39, 0.29) is 0 Å². The molecule has 0 amide bonds. The molecule has 3 N–H and O–H groups in total. The Labute approximate surface area is 168 Å². The number of para-hydroxylation sites is 1. The summed E-state index contributed by atoms with van der Waals surface area (Å²) in [5.41, 5.74) is 3.46. The van der Waals surface area contributed by atoms with Crippen LogP contribution in [0.2, 0.25) is 5.02 Å². The van der Waals surface area contributed by atoms with Crippen molar-refractivity contribution >= 4 is 28.5 Å². The third-order valence-electron chi connectivity index (χ3n) is 4.70. The largest absolute Gasteiger partial charge is 0.486 e. The number of aliphatic imine (C=N–C) groups is 1. The molecule has 6 nitrogen and oxygen atoms in total. The Morgan fingerprint density at radius 2 is 2.04 bits per heavy atom. The summed E-state index contributed by atoms with van der Waals surface area (Å²) in [6, 6.07) is 12.2. The van der Waals surface area contributed by atoms with Gasteiger partial charge in [-0.15, -0.1) is 0 Å². The molecule has 0 unspecified atom stereocenters. The summed E-state index contributed by atoms with van der Waals surface area (Å²) in [6.45, 7) is 2.43. The molecule has 0 radical (unpaired) electrons. The molecule has 2 aromatic carbocycles. The molecule has 0 spiro atoms. The first-order chi connectivity index (χ1) is 13.7. The summed E-state index contributed by atoms with van der Waals surface area (Å²) in [4.78, 5) is 7.60. The van der Waals surface area contributed by atoms with E-state index in [1.165, 1.54) is 10.9 Å². The van der Waals surface area contributed by atoms with E-state index in [1.807, 2.05) is 18.2 Å². The Morgan fingerprint density at radius 3 is 2.93 bits per heavy atom. The minimum atomic E-state index is 0.525. The van der Waals surface area contributed by atoms with Crippen LogP contribution in [0.15, 0.2) is 47.6 Å². The molecule has 3 aromatic rings. The number of nitrogens with zero attached hydrogens (tertiary/aromatic N) is 1. The van der Waals surface area contributed by atoms with Crippen molar-refractivity contribution in [2.24, 2.45) is 4.99 Å². The number of aromatic amines is 1. The Hall–Kier alpha value is -2.86. The molecule has 0 fully saturated rings. The molecule has 146 valence electrons. The number of H-pyrrole nitrogens is 1. The second-order valence-corrected chi connectivity index (χ2v) is 6.97. The van der Waals surface area contributed by atoms with Crippen molar-refractivity contribution in [2.45, 2.75) is 13.0 Å². The van der Waals surface area contributed by atoms with Gasteiger partial charge in [0, 0.05) is 37.2 Å². The van der Waals surface area contributed by atoms with Crippen molar-refractivity contribution in [2.75, 3.05) is 26.8 Å². The second kappa shape index (κ2) is 8.44. The first-order valence-corrected chi connectivity index (χ1v) is 9.70. The Bertz CT molecular complexity index is 999. The van der Waals surface area contributed by atoms with Gasteiger partial charge in [0.25, 0.3) is 0 Å². The molecule has 0 saturated carbocycles. The summed E-state index contributed by atoms with van der Waals surface area (Å²) in [7, 11) is 1.76. The van der Waals surface area contributed by atoms with E-state index >= 15 is 0 Å². The lowest BCUT2D eigenvalue weighted by atomic mass is 10.1. The lowest BCUT2D eigenvalue weighted by Crippen LogP contribution is -2.37. The molecule has 1 aliphatic heterocycles. The van der Waals surface area contributed by atoms with Crippen LogP contribution in [0.3, 0.4) is 0 Å². The smallest absolute Gasteiger partial charge is 0.191 e. The highest BCUT2D eigenvalue weighted by Gasteiger charge is 2.16. The first kappa shape index (κ1) is 18.5. The molecular formula is C21H23ClN4O2. The molecular weight excluding hydrogens is 376 g/mol. The predicted octanol–water partition coefficient (Wildman–Crippen LogP) is 3.50. The number of nitrogens with one attached hydrogen (secondary N) is 3. The van der Waals surface area contributed by atoms with Gasteiger partial charge in [0.1, 0.15) is 13.2 Å². The maximum atomic E-state index is 6.30. The van der Waals surface area contributed by atoms with Crippen molar-refractivity contribution in [1.29, 1.82) is 0 Å². The molecule has 2 heterocycles. The maximum Gasteiger partial charge on any atom is 0.191 e. The van der Waals surface area contributed by atoms with E-state index in [1.54, 1.807) is 7.05 Å². The van der Waals surface area contributed by atoms with Gasteiger partial charge in [0.2, 0.25) is 0 Å². The van der Waals surface area contributed by atoms with Crippen LogP contribution in [0.4, 0.5) is 0 Å². The Kier molecular flexibility index (Phi) is 5.58. The molecule has 0 atom stereocenters. The quantitative estimate of drug-likeness (QED) is 0.454. The van der Waals surface area contributed by atoms with E-state index in [4.69, 9.17) is 21.1 Å². The van der Waals surface area contributed by atoms with Crippen LogP contribution in [0.5, 0.6) is 11.5 Å². The number of halogens is 1. The summed E-state index contributed by atoms with van der Waals surface area (Å²) in [5.74, 6) is 2.06. The molecule has 1 aromatic heterocycles. The fourth-order valence-electron chi connectivity index (χ4n) is 3.33. The van der Waals surface area contributed by atoms with Crippen molar-refractivity contribution < 1.29 is 9.47 Å². The van der Waals surface area contributed by atoms with Gasteiger partial charge in [0.15, 0.2) is 17.5 Å². The Balaban J connectivity index is 1.32. The standard InChI is InChI=1S/C21H23ClN4O2/c1-23-21(24-7-6-15-13-25-18-5-3-2-4-16(15)18)26-12-14-10-17(22)20-19(11-14)27-8-9-28-20/h2-5,10-11,13,25H,6-9,12H2,1H3,(H2,23,24,26). The molecule has 7 heteroatoms. The topological polar surface area (TPSA) is 70.7 Å². The van der Waals surface area contributed by atoms with Crippen LogP contribution in [-0.4, -0.2) is 37.7 Å². The van der Waals surface area contributed by atoms with E-state index in [9.17, 15) is 0 Å². The fourth-order valence-corrected chi connectivity index (χ4v) is 3.61. The molecule has 28 heavy (non-hydrogen) atoms. The number of benzene rings is 2. The first-order valence-electron chi connectivity index (χ1n) is 9.32. The SMILES string of the molecule is CN=C(NCCc1c[nH]c2ccccc12)NCc1cc(Cl)c2c(c1)OCCO2. The van der Waals surface area contributed by atoms with Gasteiger partial charge >= 0.3 is 0 Å². The van der Waals surface area contributed by atoms with Gasteiger partial charge in [-0.3, -0.25) is 4.99 Å². The predicted molar refractivity (Wildman–Crippen MR) is 113 cm³/mol. The number of fused-ring (bicyclic) bond motifs is 2. The van der Waals surface area contributed by atoms with Crippen molar-refractivity contribution in [3.8, 4) is 11.5 Å². The van der Waals surface area contributed by atoms with Crippen molar-refractivity contribution in [3.63, 3.8) is 0 Å². The average Bonchev–Trinajstić information content (AvgIpc) is 3.14. The van der Waals surface area contributed by atoms with Crippen LogP contribution in [-0.2, 0) is 13.0 Å².